The molecule has 1 aliphatic heterocycles. The number of nitrogens with zero attached hydrogens (tertiary/aromatic N) is 1. The van der Waals surface area contributed by atoms with Gasteiger partial charge in [0.2, 0.25) is 5.91 Å². The molecule has 0 aliphatic carbocycles. The molecular weight excluding hydrogens is 396 g/mol. The van der Waals surface area contributed by atoms with Gasteiger partial charge in [0.25, 0.3) is 11.1 Å². The van der Waals surface area contributed by atoms with Crippen molar-refractivity contribution in [3.05, 3.63) is 95.4 Å². The monoisotopic (exact) mass is 414 g/mol. The van der Waals surface area contributed by atoms with Crippen molar-refractivity contribution in [2.75, 3.05) is 11.9 Å². The van der Waals surface area contributed by atoms with Gasteiger partial charge in [-0.15, -0.1) is 0 Å². The van der Waals surface area contributed by atoms with Crippen LogP contribution in [0.15, 0.2) is 89.9 Å². The third kappa shape index (κ3) is 4.34. The Morgan fingerprint density at radius 1 is 0.933 bits per heavy atom. The van der Waals surface area contributed by atoms with E-state index in [1.54, 1.807) is 18.2 Å². The van der Waals surface area contributed by atoms with Crippen molar-refractivity contribution in [1.82, 2.24) is 4.90 Å². The molecule has 148 valence electrons. The number of fused-ring (bicyclic) bond motifs is 1. The molecule has 5 nitrogen and oxygen atoms in total. The van der Waals surface area contributed by atoms with Gasteiger partial charge in [0.1, 0.15) is 6.54 Å². The first-order valence-electron chi connectivity index (χ1n) is 9.36. The molecule has 1 aliphatic rings. The van der Waals surface area contributed by atoms with Gasteiger partial charge in [-0.25, -0.2) is 0 Å². The molecule has 3 aromatic carbocycles. The highest BCUT2D eigenvalue weighted by atomic mass is 32.2. The van der Waals surface area contributed by atoms with Gasteiger partial charge < -0.3 is 5.32 Å². The lowest BCUT2D eigenvalue weighted by Crippen LogP contribution is -2.36. The molecule has 1 N–H and O–H groups in total. The number of carbonyl (C=O) groups excluding carboxylic acids is 3. The fraction of sp³-hybridized carbons (Fsp3) is 0.0417. The number of thioether (sulfide) groups is 1. The van der Waals surface area contributed by atoms with Crippen molar-refractivity contribution in [1.29, 1.82) is 0 Å². The number of nitrogens with one attached hydrogen (secondary N) is 1. The number of rotatable bonds is 5. The molecule has 3 aromatic rings. The minimum absolute atomic E-state index is 0.296. The first-order valence-corrected chi connectivity index (χ1v) is 10.2. The van der Waals surface area contributed by atoms with E-state index in [2.05, 4.69) is 5.32 Å². The zero-order valence-electron chi connectivity index (χ0n) is 15.9. The Morgan fingerprint density at radius 2 is 1.67 bits per heavy atom. The van der Waals surface area contributed by atoms with Crippen LogP contribution in [-0.4, -0.2) is 28.5 Å². The Labute approximate surface area is 178 Å². The first-order chi connectivity index (χ1) is 14.6. The minimum Gasteiger partial charge on any atom is -0.324 e. The highest BCUT2D eigenvalue weighted by Gasteiger charge is 2.36. The van der Waals surface area contributed by atoms with Crippen LogP contribution in [0.5, 0.6) is 0 Å². The summed E-state index contributed by atoms with van der Waals surface area (Å²) in [6.45, 7) is -0.326. The molecule has 0 atom stereocenters. The molecule has 6 heteroatoms. The second-order valence-corrected chi connectivity index (χ2v) is 7.63. The fourth-order valence-electron chi connectivity index (χ4n) is 3.13. The summed E-state index contributed by atoms with van der Waals surface area (Å²) in [5, 5.41) is 4.24. The minimum atomic E-state index is -0.462. The summed E-state index contributed by atoms with van der Waals surface area (Å²) in [6.07, 6.45) is 5.17. The Bertz CT molecular complexity index is 1180. The second-order valence-electron chi connectivity index (χ2n) is 6.63. The smallest absolute Gasteiger partial charge is 0.294 e. The van der Waals surface area contributed by atoms with Crippen LogP contribution in [0.1, 0.15) is 5.56 Å². The Kier molecular flexibility index (Phi) is 5.77. The summed E-state index contributed by atoms with van der Waals surface area (Å²) >= 11 is 0.835. The van der Waals surface area contributed by atoms with E-state index in [4.69, 9.17) is 0 Å². The predicted molar refractivity (Wildman–Crippen MR) is 121 cm³/mol. The standard InChI is InChI=1S/C24H18N2O3S/c27-22(25-20-14-7-12-18-11-4-5-13-19(18)20)16-26-23(28)21(30-24(26)29)15-6-10-17-8-2-1-3-9-17/h1-15H,16H2,(H,25,27)/b10-6+,21-15+. The maximum atomic E-state index is 12.6. The van der Waals surface area contributed by atoms with E-state index in [-0.39, 0.29) is 6.54 Å². The van der Waals surface area contributed by atoms with Crippen LogP contribution >= 0.6 is 11.8 Å². The molecular formula is C24H18N2O3S. The lowest BCUT2D eigenvalue weighted by molar-refractivity contribution is -0.127. The zero-order valence-corrected chi connectivity index (χ0v) is 16.8. The first kappa shape index (κ1) is 19.7. The summed E-state index contributed by atoms with van der Waals surface area (Å²) in [4.78, 5) is 38.6. The predicted octanol–water partition coefficient (Wildman–Crippen LogP) is 5.07. The van der Waals surface area contributed by atoms with Crippen LogP contribution in [-0.2, 0) is 9.59 Å². The highest BCUT2D eigenvalue weighted by molar-refractivity contribution is 8.18. The van der Waals surface area contributed by atoms with Gasteiger partial charge in [-0.1, -0.05) is 78.9 Å². The molecule has 0 radical (unpaired) electrons. The number of anilines is 1. The summed E-state index contributed by atoms with van der Waals surface area (Å²) in [7, 11) is 0. The lowest BCUT2D eigenvalue weighted by atomic mass is 10.1. The largest absolute Gasteiger partial charge is 0.324 e. The van der Waals surface area contributed by atoms with E-state index < -0.39 is 17.1 Å². The lowest BCUT2D eigenvalue weighted by Gasteiger charge is -2.13. The van der Waals surface area contributed by atoms with Crippen molar-refractivity contribution in [3.8, 4) is 0 Å². The Morgan fingerprint density at radius 3 is 2.50 bits per heavy atom. The fourth-order valence-corrected chi connectivity index (χ4v) is 3.92. The van der Waals surface area contributed by atoms with E-state index in [0.717, 1.165) is 33.0 Å². The summed E-state index contributed by atoms with van der Waals surface area (Å²) in [6, 6.07) is 22.9. The summed E-state index contributed by atoms with van der Waals surface area (Å²) in [5.41, 5.74) is 1.63. The molecule has 1 saturated heterocycles. The Hall–Kier alpha value is -3.64. The maximum Gasteiger partial charge on any atom is 0.294 e. The average Bonchev–Trinajstić information content (AvgIpc) is 3.02. The van der Waals surface area contributed by atoms with E-state index in [9.17, 15) is 14.4 Å². The maximum absolute atomic E-state index is 12.6. The van der Waals surface area contributed by atoms with Gasteiger partial charge in [-0.3, -0.25) is 19.3 Å². The normalized spacial score (nSPS) is 15.5. The molecule has 0 spiro atoms. The number of carbonyl (C=O) groups is 3. The Balaban J connectivity index is 1.43. The third-order valence-electron chi connectivity index (χ3n) is 4.57. The molecule has 0 unspecified atom stereocenters. The van der Waals surface area contributed by atoms with Gasteiger partial charge in [0.05, 0.1) is 4.91 Å². The number of benzene rings is 3. The number of amides is 3. The van der Waals surface area contributed by atoms with Crippen LogP contribution in [0.25, 0.3) is 16.8 Å². The average molecular weight is 414 g/mol. The summed E-state index contributed by atoms with van der Waals surface area (Å²) in [5.74, 6) is -0.884. The third-order valence-corrected chi connectivity index (χ3v) is 5.50. The summed E-state index contributed by atoms with van der Waals surface area (Å²) < 4.78 is 0. The quantitative estimate of drug-likeness (QED) is 0.592. The molecule has 4 rings (SSSR count). The van der Waals surface area contributed by atoms with Gasteiger partial charge in [-0.05, 0) is 34.9 Å². The van der Waals surface area contributed by atoms with Crippen molar-refractivity contribution >= 4 is 51.4 Å². The number of hydrogen-bond donors (Lipinski definition) is 1. The van der Waals surface area contributed by atoms with Crippen LogP contribution in [0.2, 0.25) is 0 Å². The number of imide groups is 1. The van der Waals surface area contributed by atoms with Crippen molar-refractivity contribution in [3.63, 3.8) is 0 Å². The van der Waals surface area contributed by atoms with Crippen LogP contribution < -0.4 is 5.32 Å². The van der Waals surface area contributed by atoms with E-state index >= 15 is 0 Å². The molecule has 0 aromatic heterocycles. The van der Waals surface area contributed by atoms with Gasteiger partial charge in [-0.2, -0.15) is 0 Å². The molecule has 1 fully saturated rings. The topological polar surface area (TPSA) is 66.5 Å². The molecule has 3 amide bonds. The van der Waals surface area contributed by atoms with E-state index in [1.807, 2.05) is 72.8 Å². The van der Waals surface area contributed by atoms with Crippen molar-refractivity contribution in [2.24, 2.45) is 0 Å². The van der Waals surface area contributed by atoms with Crippen LogP contribution in [0.3, 0.4) is 0 Å². The number of allylic oxidation sites excluding steroid dienone is 2. The van der Waals surface area contributed by atoms with Gasteiger partial charge >= 0.3 is 0 Å². The second kappa shape index (κ2) is 8.80. The van der Waals surface area contributed by atoms with E-state index in [1.165, 1.54) is 0 Å². The molecule has 30 heavy (non-hydrogen) atoms. The van der Waals surface area contributed by atoms with E-state index in [0.29, 0.717) is 10.6 Å². The van der Waals surface area contributed by atoms with Gasteiger partial charge in [0, 0.05) is 11.1 Å². The SMILES string of the molecule is O=C(CN1C(=O)S/C(=C/C=C/c2ccccc2)C1=O)Nc1cccc2ccccc12. The highest BCUT2D eigenvalue weighted by Crippen LogP contribution is 2.30. The van der Waals surface area contributed by atoms with Crippen LogP contribution in [0.4, 0.5) is 10.5 Å². The molecule has 1 heterocycles. The molecule has 0 bridgehead atoms. The van der Waals surface area contributed by atoms with Crippen LogP contribution in [0, 0.1) is 0 Å². The van der Waals surface area contributed by atoms with Crippen molar-refractivity contribution < 1.29 is 14.4 Å². The van der Waals surface area contributed by atoms with Gasteiger partial charge in [0.15, 0.2) is 0 Å². The number of hydrogen-bond acceptors (Lipinski definition) is 4. The molecule has 0 saturated carbocycles. The zero-order chi connectivity index (χ0) is 20.9. The van der Waals surface area contributed by atoms with Crippen molar-refractivity contribution in [2.45, 2.75) is 0 Å².